The number of nitrogens with one attached hydrogen (secondary N) is 1. The summed E-state index contributed by atoms with van der Waals surface area (Å²) < 4.78 is 5.34. The lowest BCUT2D eigenvalue weighted by atomic mass is 9.91. The Morgan fingerprint density at radius 2 is 1.73 bits per heavy atom. The van der Waals surface area contributed by atoms with Crippen LogP contribution >= 0.6 is 0 Å². The minimum atomic E-state index is -0.167. The number of methoxy groups -OCH3 is 1. The van der Waals surface area contributed by atoms with Crippen LogP contribution in [0, 0.1) is 6.92 Å². The number of hydrogen-bond donors (Lipinski definition) is 1. The zero-order chi connectivity index (χ0) is 20.7. The summed E-state index contributed by atoms with van der Waals surface area (Å²) in [5, 5.41) is 1.24. The number of fused-ring (bicyclic) bond motifs is 3. The molecule has 0 saturated heterocycles. The lowest BCUT2D eigenvalue weighted by Crippen LogP contribution is -2.40. The van der Waals surface area contributed by atoms with E-state index in [4.69, 9.17) is 4.74 Å². The van der Waals surface area contributed by atoms with Crippen LogP contribution in [0.1, 0.15) is 38.8 Å². The highest BCUT2D eigenvalue weighted by Crippen LogP contribution is 2.39. The van der Waals surface area contributed by atoms with Crippen molar-refractivity contribution in [1.82, 2.24) is 9.88 Å². The number of carbonyl (C=O) groups is 1. The molecule has 3 aromatic carbocycles. The van der Waals surface area contributed by atoms with E-state index in [1.54, 1.807) is 7.11 Å². The van der Waals surface area contributed by atoms with Crippen LogP contribution in [0.4, 0.5) is 0 Å². The first kappa shape index (κ1) is 18.5. The Kier molecular flexibility index (Phi) is 4.55. The third kappa shape index (κ3) is 2.96. The average molecular weight is 396 g/mol. The van der Waals surface area contributed by atoms with Crippen molar-refractivity contribution in [1.29, 1.82) is 0 Å². The molecule has 150 valence electrons. The molecule has 1 N–H and O–H groups in total. The number of aromatic amines is 1. The van der Waals surface area contributed by atoms with Gasteiger partial charge >= 0.3 is 0 Å². The molecule has 0 unspecified atom stereocenters. The molecule has 5 rings (SSSR count). The molecule has 0 spiro atoms. The second-order valence-corrected chi connectivity index (χ2v) is 7.80. The van der Waals surface area contributed by atoms with E-state index in [0.717, 1.165) is 40.1 Å². The van der Waals surface area contributed by atoms with Gasteiger partial charge in [0, 0.05) is 28.7 Å². The van der Waals surface area contributed by atoms with Gasteiger partial charge in [-0.3, -0.25) is 4.79 Å². The monoisotopic (exact) mass is 396 g/mol. The van der Waals surface area contributed by atoms with Crippen molar-refractivity contribution in [2.24, 2.45) is 0 Å². The SMILES string of the molecule is COc1ccc([C@@H]2c3[nH]c4ccccc4c3CCN2C(=O)c2ccccc2C)cc1. The molecule has 0 bridgehead atoms. The van der Waals surface area contributed by atoms with Crippen molar-refractivity contribution in [3.05, 3.63) is 101 Å². The zero-order valence-electron chi connectivity index (χ0n) is 17.2. The van der Waals surface area contributed by atoms with Crippen LogP contribution in [-0.4, -0.2) is 29.4 Å². The van der Waals surface area contributed by atoms with Gasteiger partial charge in [0.05, 0.1) is 13.2 Å². The maximum atomic E-state index is 13.6. The van der Waals surface area contributed by atoms with Crippen molar-refractivity contribution >= 4 is 16.8 Å². The lowest BCUT2D eigenvalue weighted by Gasteiger charge is -2.36. The third-order valence-corrected chi connectivity index (χ3v) is 6.10. The van der Waals surface area contributed by atoms with E-state index < -0.39 is 0 Å². The van der Waals surface area contributed by atoms with Crippen LogP contribution in [0.15, 0.2) is 72.8 Å². The number of benzene rings is 3. The highest BCUT2D eigenvalue weighted by atomic mass is 16.5. The Hall–Kier alpha value is -3.53. The summed E-state index contributed by atoms with van der Waals surface area (Å²) in [6, 6.07) is 24.1. The van der Waals surface area contributed by atoms with Gasteiger partial charge in [-0.2, -0.15) is 0 Å². The topological polar surface area (TPSA) is 45.3 Å². The maximum Gasteiger partial charge on any atom is 0.254 e. The Morgan fingerprint density at radius 1 is 1.00 bits per heavy atom. The molecule has 4 nitrogen and oxygen atoms in total. The normalized spacial score (nSPS) is 15.8. The van der Waals surface area contributed by atoms with Crippen molar-refractivity contribution in [3.8, 4) is 5.75 Å². The van der Waals surface area contributed by atoms with Crippen LogP contribution in [0.3, 0.4) is 0 Å². The molecule has 1 atom stereocenters. The van der Waals surface area contributed by atoms with Gasteiger partial charge in [0.2, 0.25) is 0 Å². The summed E-state index contributed by atoms with van der Waals surface area (Å²) in [5.74, 6) is 0.876. The van der Waals surface area contributed by atoms with E-state index in [0.29, 0.717) is 6.54 Å². The van der Waals surface area contributed by atoms with E-state index in [1.165, 1.54) is 10.9 Å². The largest absolute Gasteiger partial charge is 0.497 e. The minimum absolute atomic E-state index is 0.0678. The van der Waals surface area contributed by atoms with Gasteiger partial charge in [-0.15, -0.1) is 0 Å². The van der Waals surface area contributed by atoms with Crippen molar-refractivity contribution in [3.63, 3.8) is 0 Å². The summed E-state index contributed by atoms with van der Waals surface area (Å²) in [5.41, 5.74) is 6.36. The number of nitrogens with zero attached hydrogens (tertiary/aromatic N) is 1. The highest BCUT2D eigenvalue weighted by Gasteiger charge is 2.35. The minimum Gasteiger partial charge on any atom is -0.497 e. The van der Waals surface area contributed by atoms with E-state index in [2.05, 4.69) is 35.3 Å². The molecule has 30 heavy (non-hydrogen) atoms. The fourth-order valence-electron chi connectivity index (χ4n) is 4.56. The molecule has 1 aliphatic rings. The molecule has 1 amide bonds. The first-order valence-electron chi connectivity index (χ1n) is 10.3. The Balaban J connectivity index is 1.66. The standard InChI is InChI=1S/C26H24N2O2/c1-17-7-3-4-8-20(17)26(29)28-16-15-22-21-9-5-6-10-23(21)27-24(22)25(28)18-11-13-19(30-2)14-12-18/h3-14,25,27H,15-16H2,1-2H3/t25-/m1/s1. The van der Waals surface area contributed by atoms with E-state index in [9.17, 15) is 4.79 Å². The van der Waals surface area contributed by atoms with Crippen LogP contribution in [0.2, 0.25) is 0 Å². The van der Waals surface area contributed by atoms with E-state index in [1.807, 2.05) is 54.3 Å². The van der Waals surface area contributed by atoms with Gasteiger partial charge in [0.1, 0.15) is 5.75 Å². The average Bonchev–Trinajstić information content (AvgIpc) is 3.17. The molecular formula is C26H24N2O2. The van der Waals surface area contributed by atoms with Crippen molar-refractivity contribution < 1.29 is 9.53 Å². The Labute approximate surface area is 176 Å². The number of aryl methyl sites for hydroxylation is 1. The number of H-pyrrole nitrogens is 1. The van der Waals surface area contributed by atoms with Crippen LogP contribution in [-0.2, 0) is 6.42 Å². The molecule has 4 aromatic rings. The summed E-state index contributed by atoms with van der Waals surface area (Å²) >= 11 is 0. The fourth-order valence-corrected chi connectivity index (χ4v) is 4.56. The number of para-hydroxylation sites is 1. The summed E-state index contributed by atoms with van der Waals surface area (Å²) in [4.78, 5) is 19.3. The second kappa shape index (κ2) is 7.38. The number of hydrogen-bond acceptors (Lipinski definition) is 2. The molecular weight excluding hydrogens is 372 g/mol. The quantitative estimate of drug-likeness (QED) is 0.513. The van der Waals surface area contributed by atoms with Gasteiger partial charge in [-0.05, 0) is 54.3 Å². The first-order valence-corrected chi connectivity index (χ1v) is 10.3. The summed E-state index contributed by atoms with van der Waals surface area (Å²) in [7, 11) is 1.67. The van der Waals surface area contributed by atoms with Gasteiger partial charge in [0.25, 0.3) is 5.91 Å². The number of aromatic nitrogens is 1. The molecule has 0 radical (unpaired) electrons. The zero-order valence-corrected chi connectivity index (χ0v) is 17.2. The number of ether oxygens (including phenoxy) is 1. The van der Waals surface area contributed by atoms with Crippen molar-refractivity contribution in [2.45, 2.75) is 19.4 Å². The molecule has 0 fully saturated rings. The molecule has 0 saturated carbocycles. The number of amides is 1. The third-order valence-electron chi connectivity index (χ3n) is 6.10. The van der Waals surface area contributed by atoms with Gasteiger partial charge in [-0.1, -0.05) is 48.5 Å². The molecule has 0 aliphatic carbocycles. The Bertz CT molecular complexity index is 1220. The summed E-state index contributed by atoms with van der Waals surface area (Å²) in [6.07, 6.45) is 0.837. The predicted octanol–water partition coefficient (Wildman–Crippen LogP) is 5.27. The van der Waals surface area contributed by atoms with Crippen LogP contribution < -0.4 is 4.74 Å². The maximum absolute atomic E-state index is 13.6. The van der Waals surface area contributed by atoms with E-state index >= 15 is 0 Å². The molecule has 1 aliphatic heterocycles. The van der Waals surface area contributed by atoms with Crippen LogP contribution in [0.25, 0.3) is 10.9 Å². The Morgan fingerprint density at radius 3 is 2.50 bits per heavy atom. The van der Waals surface area contributed by atoms with Crippen molar-refractivity contribution in [2.75, 3.05) is 13.7 Å². The first-order chi connectivity index (χ1) is 14.7. The fraction of sp³-hybridized carbons (Fsp3) is 0.192. The van der Waals surface area contributed by atoms with E-state index in [-0.39, 0.29) is 11.9 Å². The molecule has 1 aromatic heterocycles. The van der Waals surface area contributed by atoms with Gasteiger partial charge < -0.3 is 14.6 Å². The lowest BCUT2D eigenvalue weighted by molar-refractivity contribution is 0.0691. The summed E-state index contributed by atoms with van der Waals surface area (Å²) in [6.45, 7) is 2.67. The smallest absolute Gasteiger partial charge is 0.254 e. The number of rotatable bonds is 3. The van der Waals surface area contributed by atoms with Gasteiger partial charge in [0.15, 0.2) is 0 Å². The number of carbonyl (C=O) groups excluding carboxylic acids is 1. The predicted molar refractivity (Wildman–Crippen MR) is 119 cm³/mol. The second-order valence-electron chi connectivity index (χ2n) is 7.80. The molecule has 2 heterocycles. The molecule has 4 heteroatoms. The van der Waals surface area contributed by atoms with Gasteiger partial charge in [-0.25, -0.2) is 0 Å². The van der Waals surface area contributed by atoms with Crippen LogP contribution in [0.5, 0.6) is 5.75 Å². The highest BCUT2D eigenvalue weighted by molar-refractivity contribution is 5.97.